The van der Waals surface area contributed by atoms with Gasteiger partial charge >= 0.3 is 5.97 Å². The lowest BCUT2D eigenvalue weighted by atomic mass is 10.1. The van der Waals surface area contributed by atoms with Crippen molar-refractivity contribution in [2.24, 2.45) is 0 Å². The number of halogens is 1. The number of carbonyl (C=O) groups is 3. The van der Waals surface area contributed by atoms with Crippen molar-refractivity contribution in [1.82, 2.24) is 20.1 Å². The number of anilines is 1. The number of esters is 1. The third-order valence-corrected chi connectivity index (χ3v) is 5.68. The van der Waals surface area contributed by atoms with Crippen molar-refractivity contribution >= 4 is 23.5 Å². The van der Waals surface area contributed by atoms with Crippen molar-refractivity contribution in [3.05, 3.63) is 71.6 Å². The Morgan fingerprint density at radius 2 is 2.06 bits per heavy atom. The number of likely N-dealkylation sites (N-methyl/N-ethyl adjacent to an activating group) is 1. The van der Waals surface area contributed by atoms with Crippen LogP contribution < -0.4 is 15.0 Å². The summed E-state index contributed by atoms with van der Waals surface area (Å²) in [4.78, 5) is 42.9. The fraction of sp³-hybridized carbons (Fsp3) is 0.320. The van der Waals surface area contributed by atoms with Crippen molar-refractivity contribution in [3.8, 4) is 5.75 Å². The zero-order valence-corrected chi connectivity index (χ0v) is 19.9. The fourth-order valence-corrected chi connectivity index (χ4v) is 3.78. The van der Waals surface area contributed by atoms with Gasteiger partial charge in [0.25, 0.3) is 11.8 Å². The molecule has 0 radical (unpaired) electrons. The number of nitrogens with zero attached hydrogens (tertiary/aromatic N) is 4. The third kappa shape index (κ3) is 5.68. The first-order chi connectivity index (χ1) is 17.4. The maximum absolute atomic E-state index is 13.9. The van der Waals surface area contributed by atoms with Crippen LogP contribution in [0, 0.1) is 5.82 Å². The van der Waals surface area contributed by atoms with Crippen LogP contribution >= 0.6 is 0 Å². The molecule has 1 aliphatic rings. The van der Waals surface area contributed by atoms with Gasteiger partial charge in [0.05, 0.1) is 18.8 Å². The number of nitrogens with one attached hydrogen (secondary N) is 1. The molecule has 0 saturated heterocycles. The highest BCUT2D eigenvalue weighted by Crippen LogP contribution is 2.32. The molecule has 2 heterocycles. The Hall–Kier alpha value is -4.28. The molecule has 4 rings (SSSR count). The summed E-state index contributed by atoms with van der Waals surface area (Å²) in [5, 5.41) is 6.72. The largest absolute Gasteiger partial charge is 0.489 e. The van der Waals surface area contributed by atoms with E-state index in [0.29, 0.717) is 30.0 Å². The van der Waals surface area contributed by atoms with Crippen LogP contribution in [-0.4, -0.2) is 58.9 Å². The number of aromatic nitrogens is 3. The summed E-state index contributed by atoms with van der Waals surface area (Å²) in [5.41, 5.74) is 1.78. The van der Waals surface area contributed by atoms with Crippen LogP contribution in [0.3, 0.4) is 0 Å². The Bertz CT molecular complexity index is 1280. The smallest absolute Gasteiger partial charge is 0.306 e. The number of rotatable bonds is 8. The lowest BCUT2D eigenvalue weighted by Crippen LogP contribution is -2.49. The molecule has 0 aliphatic carbocycles. The van der Waals surface area contributed by atoms with Gasteiger partial charge in [-0.05, 0) is 37.1 Å². The van der Waals surface area contributed by atoms with E-state index in [2.05, 4.69) is 15.4 Å². The number of carbonyl (C=O) groups excluding carboxylic acids is 3. The van der Waals surface area contributed by atoms with Gasteiger partial charge < -0.3 is 19.7 Å². The highest BCUT2D eigenvalue weighted by atomic mass is 19.1. The Morgan fingerprint density at radius 1 is 1.25 bits per heavy atom. The third-order valence-electron chi connectivity index (χ3n) is 5.68. The van der Waals surface area contributed by atoms with E-state index in [0.717, 1.165) is 5.56 Å². The van der Waals surface area contributed by atoms with Crippen molar-refractivity contribution in [2.75, 3.05) is 25.2 Å². The lowest BCUT2D eigenvalue weighted by Gasteiger charge is -2.20. The molecule has 0 bridgehead atoms. The zero-order chi connectivity index (χ0) is 25.7. The average molecular weight is 496 g/mol. The molecule has 0 fully saturated rings. The van der Waals surface area contributed by atoms with Crippen LogP contribution in [0.15, 0.2) is 48.8 Å². The van der Waals surface area contributed by atoms with Crippen LogP contribution in [0.4, 0.5) is 10.1 Å². The molecule has 11 heteroatoms. The predicted octanol–water partition coefficient (Wildman–Crippen LogP) is 2.11. The highest BCUT2D eigenvalue weighted by molar-refractivity contribution is 6.02. The van der Waals surface area contributed by atoms with Gasteiger partial charge in [-0.15, -0.1) is 5.10 Å². The molecule has 3 aromatic rings. The van der Waals surface area contributed by atoms with E-state index in [1.165, 1.54) is 22.0 Å². The molecule has 188 valence electrons. The highest BCUT2D eigenvalue weighted by Gasteiger charge is 2.31. The zero-order valence-electron chi connectivity index (χ0n) is 19.9. The van der Waals surface area contributed by atoms with Crippen LogP contribution in [0.2, 0.25) is 0 Å². The summed E-state index contributed by atoms with van der Waals surface area (Å²) in [6, 6.07) is 10.6. The summed E-state index contributed by atoms with van der Waals surface area (Å²) in [7, 11) is 1.59. The van der Waals surface area contributed by atoms with Gasteiger partial charge in [0, 0.05) is 19.0 Å². The molecule has 0 saturated carbocycles. The average Bonchev–Trinajstić information content (AvgIpc) is 3.31. The Kier molecular flexibility index (Phi) is 7.57. The first-order valence-electron chi connectivity index (χ1n) is 11.5. The van der Waals surface area contributed by atoms with Gasteiger partial charge in [-0.3, -0.25) is 14.4 Å². The first kappa shape index (κ1) is 24.8. The molecule has 1 atom stereocenters. The normalized spacial score (nSPS) is 15.0. The topological polar surface area (TPSA) is 116 Å². The van der Waals surface area contributed by atoms with Crippen molar-refractivity contribution in [1.29, 1.82) is 0 Å². The fourth-order valence-electron chi connectivity index (χ4n) is 3.78. The van der Waals surface area contributed by atoms with Crippen molar-refractivity contribution < 1.29 is 28.2 Å². The Morgan fingerprint density at radius 3 is 2.83 bits per heavy atom. The number of amides is 2. The number of benzene rings is 2. The quantitative estimate of drug-likeness (QED) is 0.476. The molecular formula is C25H26FN5O5. The van der Waals surface area contributed by atoms with Crippen LogP contribution in [0.5, 0.6) is 5.75 Å². The van der Waals surface area contributed by atoms with Gasteiger partial charge in [0.2, 0.25) is 5.82 Å². The van der Waals surface area contributed by atoms with Gasteiger partial charge in [-0.1, -0.05) is 24.3 Å². The number of aryl methyl sites for hydroxylation is 1. The second-order valence-corrected chi connectivity index (χ2v) is 8.20. The minimum absolute atomic E-state index is 0.0833. The minimum atomic E-state index is -0.976. The summed E-state index contributed by atoms with van der Waals surface area (Å²) in [6.07, 6.45) is 2.00. The monoisotopic (exact) mass is 495 g/mol. The van der Waals surface area contributed by atoms with Gasteiger partial charge in [0.15, 0.2) is 0 Å². The molecule has 1 aromatic heterocycles. The lowest BCUT2D eigenvalue weighted by molar-refractivity contribution is -0.143. The molecule has 1 N–H and O–H groups in total. The maximum atomic E-state index is 13.9. The summed E-state index contributed by atoms with van der Waals surface area (Å²) in [6.45, 7) is 2.10. The summed E-state index contributed by atoms with van der Waals surface area (Å²) >= 11 is 0. The Balaban J connectivity index is 1.41. The van der Waals surface area contributed by atoms with Gasteiger partial charge in [0.1, 0.15) is 30.5 Å². The van der Waals surface area contributed by atoms with Crippen molar-refractivity contribution in [3.63, 3.8) is 0 Å². The SMILES string of the molecule is CCOC(=O)CCc1ccc2c(c1)N(C)C(=O)[C@@H](NC(=O)c1ncn(Cc3ccccc3F)n1)CO2. The van der Waals surface area contributed by atoms with E-state index in [-0.39, 0.29) is 43.1 Å². The molecule has 36 heavy (non-hydrogen) atoms. The second-order valence-electron chi connectivity index (χ2n) is 8.20. The van der Waals surface area contributed by atoms with E-state index >= 15 is 0 Å². The predicted molar refractivity (Wildman–Crippen MR) is 127 cm³/mol. The van der Waals surface area contributed by atoms with E-state index in [1.807, 2.05) is 6.07 Å². The molecule has 2 amide bonds. The first-order valence-corrected chi connectivity index (χ1v) is 11.5. The van der Waals surface area contributed by atoms with Crippen LogP contribution in [0.1, 0.15) is 35.1 Å². The van der Waals surface area contributed by atoms with E-state index in [1.54, 1.807) is 44.3 Å². The number of hydrogen-bond acceptors (Lipinski definition) is 7. The number of hydrogen-bond donors (Lipinski definition) is 1. The van der Waals surface area contributed by atoms with E-state index in [4.69, 9.17) is 9.47 Å². The standard InChI is InChI=1S/C25H26FN5O5/c1-3-35-22(32)11-9-16-8-10-21-20(12-16)30(2)25(34)19(14-36-21)28-24(33)23-27-15-31(29-23)13-17-6-4-5-7-18(17)26/h4-8,10,12,15,19H,3,9,11,13-14H2,1-2H3,(H,28,33)/t19-/m0/s1. The number of fused-ring (bicyclic) bond motifs is 1. The molecule has 2 aromatic carbocycles. The Labute approximate surface area is 207 Å². The molecular weight excluding hydrogens is 469 g/mol. The van der Waals surface area contributed by atoms with Gasteiger partial charge in [-0.2, -0.15) is 0 Å². The maximum Gasteiger partial charge on any atom is 0.306 e. The van der Waals surface area contributed by atoms with Crippen LogP contribution in [-0.2, 0) is 27.3 Å². The summed E-state index contributed by atoms with van der Waals surface area (Å²) < 4.78 is 26.0. The molecule has 10 nitrogen and oxygen atoms in total. The van der Waals surface area contributed by atoms with E-state index < -0.39 is 11.9 Å². The minimum Gasteiger partial charge on any atom is -0.489 e. The molecule has 1 aliphatic heterocycles. The van der Waals surface area contributed by atoms with Gasteiger partial charge in [-0.25, -0.2) is 14.1 Å². The molecule has 0 unspecified atom stereocenters. The van der Waals surface area contributed by atoms with Crippen LogP contribution in [0.25, 0.3) is 0 Å². The summed E-state index contributed by atoms with van der Waals surface area (Å²) in [5.74, 6) is -1.37. The molecule has 0 spiro atoms. The van der Waals surface area contributed by atoms with E-state index in [9.17, 15) is 18.8 Å². The number of ether oxygens (including phenoxy) is 2. The second kappa shape index (κ2) is 11.0. The van der Waals surface area contributed by atoms with Crippen molar-refractivity contribution in [2.45, 2.75) is 32.4 Å².